The second-order valence-corrected chi connectivity index (χ2v) is 2.90. The lowest BCUT2D eigenvalue weighted by Gasteiger charge is -2.07. The van der Waals surface area contributed by atoms with E-state index in [-0.39, 0.29) is 25.4 Å². The average Bonchev–Trinajstić information content (AvgIpc) is 2.16. The Bertz CT molecular complexity index is 274. The maximum Gasteiger partial charge on any atom is 0.471 e. The van der Waals surface area contributed by atoms with Crippen LogP contribution < -0.4 is 10.6 Å². The van der Waals surface area contributed by atoms with Gasteiger partial charge in [0.15, 0.2) is 0 Å². The molecule has 0 aliphatic carbocycles. The topological polar surface area (TPSA) is 58.2 Å². The van der Waals surface area contributed by atoms with E-state index in [9.17, 15) is 22.8 Å². The zero-order valence-corrected chi connectivity index (χ0v) is 8.73. The molecule has 0 rings (SSSR count). The zero-order chi connectivity index (χ0) is 12.6. The quantitative estimate of drug-likeness (QED) is 0.548. The Morgan fingerprint density at radius 2 is 1.75 bits per heavy atom. The van der Waals surface area contributed by atoms with Crippen LogP contribution in [0.5, 0.6) is 0 Å². The highest BCUT2D eigenvalue weighted by molar-refractivity contribution is 5.87. The lowest BCUT2D eigenvalue weighted by Crippen LogP contribution is -2.38. The molecule has 0 spiro atoms. The van der Waals surface area contributed by atoms with Gasteiger partial charge >= 0.3 is 12.1 Å². The first-order valence-corrected chi connectivity index (χ1v) is 4.63. The first-order valence-electron chi connectivity index (χ1n) is 4.63. The van der Waals surface area contributed by atoms with E-state index in [0.717, 1.165) is 0 Å². The van der Waals surface area contributed by atoms with E-state index in [1.165, 1.54) is 6.08 Å². The summed E-state index contributed by atoms with van der Waals surface area (Å²) in [7, 11) is 0. The molecule has 0 bridgehead atoms. The molecule has 0 aliphatic rings. The number of halogens is 3. The van der Waals surface area contributed by atoms with Crippen molar-refractivity contribution in [2.75, 3.05) is 13.1 Å². The standard InChI is InChI=1S/C9H13F3N2O2/c1-2-4-7(15)13-5-3-6-14-8(16)9(10,11)12/h2,4H,3,5-6H2,1H3,(H,13,15)(H,14,16)/b4-2+. The van der Waals surface area contributed by atoms with Crippen molar-refractivity contribution in [1.82, 2.24) is 10.6 Å². The summed E-state index contributed by atoms with van der Waals surface area (Å²) >= 11 is 0. The van der Waals surface area contributed by atoms with Crippen LogP contribution in [0.4, 0.5) is 13.2 Å². The summed E-state index contributed by atoms with van der Waals surface area (Å²) in [5, 5.41) is 4.13. The number of alkyl halides is 3. The summed E-state index contributed by atoms with van der Waals surface area (Å²) in [6.07, 6.45) is -1.77. The van der Waals surface area contributed by atoms with E-state index in [0.29, 0.717) is 0 Å². The number of allylic oxidation sites excluding steroid dienone is 1. The number of carbonyl (C=O) groups is 2. The summed E-state index contributed by atoms with van der Waals surface area (Å²) in [6, 6.07) is 0. The van der Waals surface area contributed by atoms with Gasteiger partial charge in [0, 0.05) is 13.1 Å². The predicted octanol–water partition coefficient (Wildman–Crippen LogP) is 0.747. The van der Waals surface area contributed by atoms with Gasteiger partial charge < -0.3 is 10.6 Å². The molecule has 2 N–H and O–H groups in total. The van der Waals surface area contributed by atoms with Crippen LogP contribution in [0.15, 0.2) is 12.2 Å². The fraction of sp³-hybridized carbons (Fsp3) is 0.556. The molecule has 0 aromatic rings. The molecule has 0 atom stereocenters. The van der Waals surface area contributed by atoms with Crippen LogP contribution in [0.2, 0.25) is 0 Å². The van der Waals surface area contributed by atoms with Crippen molar-refractivity contribution in [3.63, 3.8) is 0 Å². The second kappa shape index (κ2) is 6.86. The van der Waals surface area contributed by atoms with Crippen LogP contribution in [0.3, 0.4) is 0 Å². The monoisotopic (exact) mass is 238 g/mol. The molecule has 0 radical (unpaired) electrons. The number of hydrogen-bond acceptors (Lipinski definition) is 2. The van der Waals surface area contributed by atoms with Gasteiger partial charge in [0.1, 0.15) is 0 Å². The van der Waals surface area contributed by atoms with Gasteiger partial charge in [-0.05, 0) is 19.4 Å². The van der Waals surface area contributed by atoms with Crippen molar-refractivity contribution < 1.29 is 22.8 Å². The zero-order valence-electron chi connectivity index (χ0n) is 8.73. The Hall–Kier alpha value is -1.53. The van der Waals surface area contributed by atoms with Gasteiger partial charge in [-0.15, -0.1) is 0 Å². The molecule has 7 heteroatoms. The molecule has 4 nitrogen and oxygen atoms in total. The Morgan fingerprint density at radius 3 is 2.25 bits per heavy atom. The smallest absolute Gasteiger partial charge is 0.352 e. The van der Waals surface area contributed by atoms with E-state index in [4.69, 9.17) is 0 Å². The lowest BCUT2D eigenvalue weighted by atomic mass is 10.4. The van der Waals surface area contributed by atoms with Crippen LogP contribution in [0.25, 0.3) is 0 Å². The second-order valence-electron chi connectivity index (χ2n) is 2.90. The lowest BCUT2D eigenvalue weighted by molar-refractivity contribution is -0.173. The molecule has 0 saturated heterocycles. The van der Waals surface area contributed by atoms with Gasteiger partial charge in [-0.3, -0.25) is 9.59 Å². The molecule has 0 heterocycles. The highest BCUT2D eigenvalue weighted by atomic mass is 19.4. The van der Waals surface area contributed by atoms with Crippen molar-refractivity contribution in [2.45, 2.75) is 19.5 Å². The molecule has 16 heavy (non-hydrogen) atoms. The van der Waals surface area contributed by atoms with E-state index in [2.05, 4.69) is 5.32 Å². The molecule has 92 valence electrons. The van der Waals surface area contributed by atoms with Crippen LogP contribution >= 0.6 is 0 Å². The largest absolute Gasteiger partial charge is 0.471 e. The normalized spacial score (nSPS) is 11.5. The van der Waals surface area contributed by atoms with Gasteiger partial charge in [-0.2, -0.15) is 13.2 Å². The summed E-state index contributed by atoms with van der Waals surface area (Å²) in [6.45, 7) is 1.75. The summed E-state index contributed by atoms with van der Waals surface area (Å²) in [4.78, 5) is 21.2. The van der Waals surface area contributed by atoms with Crippen LogP contribution in [0, 0.1) is 0 Å². The van der Waals surface area contributed by atoms with Crippen molar-refractivity contribution in [2.24, 2.45) is 0 Å². The van der Waals surface area contributed by atoms with Gasteiger partial charge in [0.2, 0.25) is 5.91 Å². The minimum absolute atomic E-state index is 0.130. The molecule has 0 unspecified atom stereocenters. The molecule has 0 aromatic heterocycles. The third-order valence-electron chi connectivity index (χ3n) is 1.51. The fourth-order valence-corrected chi connectivity index (χ4v) is 0.812. The molecule has 0 aliphatic heterocycles. The number of hydrogen-bond donors (Lipinski definition) is 2. The van der Waals surface area contributed by atoms with Gasteiger partial charge in [-0.1, -0.05) is 6.08 Å². The van der Waals surface area contributed by atoms with Crippen LogP contribution in [-0.2, 0) is 9.59 Å². The molecule has 2 amide bonds. The van der Waals surface area contributed by atoms with Crippen LogP contribution in [-0.4, -0.2) is 31.1 Å². The Balaban J connectivity index is 3.55. The Labute approximate surface area is 90.9 Å². The minimum atomic E-state index is -4.85. The van der Waals surface area contributed by atoms with Crippen molar-refractivity contribution >= 4 is 11.8 Å². The molecule has 0 saturated carbocycles. The molecule has 0 aromatic carbocycles. The van der Waals surface area contributed by atoms with Crippen LogP contribution in [0.1, 0.15) is 13.3 Å². The minimum Gasteiger partial charge on any atom is -0.352 e. The maximum absolute atomic E-state index is 11.7. The van der Waals surface area contributed by atoms with Crippen molar-refractivity contribution in [1.29, 1.82) is 0 Å². The van der Waals surface area contributed by atoms with E-state index >= 15 is 0 Å². The fourth-order valence-electron chi connectivity index (χ4n) is 0.812. The third kappa shape index (κ3) is 6.86. The highest BCUT2D eigenvalue weighted by Crippen LogP contribution is 2.13. The SMILES string of the molecule is C/C=C/C(=O)NCCCNC(=O)C(F)(F)F. The Morgan fingerprint density at radius 1 is 1.19 bits per heavy atom. The maximum atomic E-state index is 11.7. The first-order chi connectivity index (χ1) is 7.38. The van der Waals surface area contributed by atoms with Gasteiger partial charge in [0.05, 0.1) is 0 Å². The summed E-state index contributed by atoms with van der Waals surface area (Å²) in [5.41, 5.74) is 0. The molecule has 0 fully saturated rings. The van der Waals surface area contributed by atoms with Gasteiger partial charge in [0.25, 0.3) is 0 Å². The summed E-state index contributed by atoms with van der Waals surface area (Å²) in [5.74, 6) is -2.28. The first kappa shape index (κ1) is 14.5. The number of nitrogens with one attached hydrogen (secondary N) is 2. The van der Waals surface area contributed by atoms with Crippen molar-refractivity contribution in [3.8, 4) is 0 Å². The number of rotatable bonds is 5. The number of carbonyl (C=O) groups excluding carboxylic acids is 2. The Kier molecular flexibility index (Phi) is 6.21. The average molecular weight is 238 g/mol. The van der Waals surface area contributed by atoms with Gasteiger partial charge in [-0.25, -0.2) is 0 Å². The third-order valence-corrected chi connectivity index (χ3v) is 1.51. The molecular formula is C9H13F3N2O2. The number of amides is 2. The highest BCUT2D eigenvalue weighted by Gasteiger charge is 2.38. The van der Waals surface area contributed by atoms with E-state index in [1.807, 2.05) is 0 Å². The van der Waals surface area contributed by atoms with Crippen molar-refractivity contribution in [3.05, 3.63) is 12.2 Å². The summed E-state index contributed by atoms with van der Waals surface area (Å²) < 4.78 is 35.1. The van der Waals surface area contributed by atoms with E-state index in [1.54, 1.807) is 18.3 Å². The molecular weight excluding hydrogens is 225 g/mol. The predicted molar refractivity (Wildman–Crippen MR) is 51.5 cm³/mol. The van der Waals surface area contributed by atoms with E-state index < -0.39 is 12.1 Å².